The monoisotopic (exact) mass is 319 g/mol. The topological polar surface area (TPSA) is 51.5 Å². The summed E-state index contributed by atoms with van der Waals surface area (Å²) in [6, 6.07) is 13.3. The van der Waals surface area contributed by atoms with Crippen LogP contribution in [0.25, 0.3) is 0 Å². The lowest BCUT2D eigenvalue weighted by atomic mass is 10.2. The van der Waals surface area contributed by atoms with Crippen LogP contribution in [0.5, 0.6) is 5.75 Å². The number of benzene rings is 1. The number of carbonyl (C=O) groups is 1. The van der Waals surface area contributed by atoms with E-state index in [1.54, 1.807) is 18.0 Å². The summed E-state index contributed by atoms with van der Waals surface area (Å²) in [7, 11) is 0. The van der Waals surface area contributed by atoms with Gasteiger partial charge in [-0.05, 0) is 30.7 Å². The number of nitrogens with one attached hydrogen (secondary N) is 1. The lowest BCUT2D eigenvalue weighted by Crippen LogP contribution is -2.39. The van der Waals surface area contributed by atoms with Gasteiger partial charge in [-0.3, -0.25) is 4.79 Å². The van der Waals surface area contributed by atoms with Crippen molar-refractivity contribution in [3.05, 3.63) is 54.5 Å². The van der Waals surface area contributed by atoms with Crippen molar-refractivity contribution < 1.29 is 13.9 Å². The highest BCUT2D eigenvalue weighted by atomic mass is 32.2. The maximum atomic E-state index is 12.1. The Bertz CT molecular complexity index is 542. The number of para-hydroxylation sites is 1. The molecule has 0 aliphatic heterocycles. The Kier molecular flexibility index (Phi) is 6.90. The van der Waals surface area contributed by atoms with Gasteiger partial charge in [-0.1, -0.05) is 25.1 Å². The van der Waals surface area contributed by atoms with Crippen molar-refractivity contribution >= 4 is 17.7 Å². The molecular formula is C17H21NO3S. The minimum Gasteiger partial charge on any atom is -0.481 e. The molecule has 0 bridgehead atoms. The molecule has 22 heavy (non-hydrogen) atoms. The zero-order valence-electron chi connectivity index (χ0n) is 12.7. The second-order valence-corrected chi connectivity index (χ2v) is 5.86. The van der Waals surface area contributed by atoms with E-state index in [4.69, 9.17) is 9.15 Å². The Morgan fingerprint density at radius 2 is 2.09 bits per heavy atom. The molecule has 0 fully saturated rings. The van der Waals surface area contributed by atoms with Gasteiger partial charge in [0, 0.05) is 12.3 Å². The lowest BCUT2D eigenvalue weighted by Gasteiger charge is -2.17. The Balaban J connectivity index is 1.66. The fraction of sp³-hybridized carbons (Fsp3) is 0.353. The highest BCUT2D eigenvalue weighted by Crippen LogP contribution is 2.13. The molecule has 0 spiro atoms. The second kappa shape index (κ2) is 9.20. The molecule has 5 heteroatoms. The average molecular weight is 319 g/mol. The normalized spacial score (nSPS) is 11.9. The van der Waals surface area contributed by atoms with Crippen LogP contribution in [-0.2, 0) is 10.5 Å². The maximum Gasteiger partial charge on any atom is 0.261 e. The van der Waals surface area contributed by atoms with Gasteiger partial charge >= 0.3 is 0 Å². The Morgan fingerprint density at radius 3 is 2.77 bits per heavy atom. The largest absolute Gasteiger partial charge is 0.481 e. The number of hydrogen-bond acceptors (Lipinski definition) is 4. The van der Waals surface area contributed by atoms with Crippen LogP contribution in [0.15, 0.2) is 53.1 Å². The number of hydrogen-bond donors (Lipinski definition) is 1. The zero-order chi connectivity index (χ0) is 15.6. The highest BCUT2D eigenvalue weighted by Gasteiger charge is 2.17. The lowest BCUT2D eigenvalue weighted by molar-refractivity contribution is -0.127. The predicted octanol–water partition coefficient (Wildman–Crippen LogP) is 3.49. The van der Waals surface area contributed by atoms with Gasteiger partial charge in [-0.2, -0.15) is 11.8 Å². The van der Waals surface area contributed by atoms with Gasteiger partial charge in [0.05, 0.1) is 12.0 Å². The summed E-state index contributed by atoms with van der Waals surface area (Å²) in [5.41, 5.74) is 0. The van der Waals surface area contributed by atoms with E-state index >= 15 is 0 Å². The molecule has 0 saturated heterocycles. The van der Waals surface area contributed by atoms with E-state index < -0.39 is 6.10 Å². The van der Waals surface area contributed by atoms with Crippen molar-refractivity contribution in [3.63, 3.8) is 0 Å². The Hall–Kier alpha value is -1.88. The summed E-state index contributed by atoms with van der Waals surface area (Å²) in [6.07, 6.45) is 1.86. The average Bonchev–Trinajstić information content (AvgIpc) is 3.06. The number of amides is 1. The van der Waals surface area contributed by atoms with Crippen molar-refractivity contribution in [2.45, 2.75) is 25.2 Å². The summed E-state index contributed by atoms with van der Waals surface area (Å²) in [5.74, 6) is 3.27. The minimum absolute atomic E-state index is 0.0649. The van der Waals surface area contributed by atoms with Gasteiger partial charge < -0.3 is 14.5 Å². The highest BCUT2D eigenvalue weighted by molar-refractivity contribution is 7.98. The molecule has 0 radical (unpaired) electrons. The molecule has 1 amide bonds. The molecule has 2 aromatic rings. The number of thioether (sulfide) groups is 1. The fourth-order valence-corrected chi connectivity index (χ4v) is 2.67. The number of furan rings is 1. The second-order valence-electron chi connectivity index (χ2n) is 4.75. The molecule has 0 saturated carbocycles. The van der Waals surface area contributed by atoms with E-state index in [1.807, 2.05) is 49.4 Å². The Morgan fingerprint density at radius 1 is 1.27 bits per heavy atom. The predicted molar refractivity (Wildman–Crippen MR) is 89.0 cm³/mol. The van der Waals surface area contributed by atoms with Crippen molar-refractivity contribution in [1.29, 1.82) is 0 Å². The van der Waals surface area contributed by atoms with Gasteiger partial charge in [-0.25, -0.2) is 0 Å². The number of rotatable bonds is 9. The molecule has 0 aliphatic rings. The number of ether oxygens (including phenoxy) is 1. The quantitative estimate of drug-likeness (QED) is 0.719. The molecule has 0 unspecified atom stereocenters. The molecule has 1 atom stereocenters. The molecule has 0 aliphatic carbocycles. The van der Waals surface area contributed by atoms with Crippen LogP contribution < -0.4 is 10.1 Å². The van der Waals surface area contributed by atoms with E-state index in [0.29, 0.717) is 13.0 Å². The summed E-state index contributed by atoms with van der Waals surface area (Å²) in [6.45, 7) is 2.57. The van der Waals surface area contributed by atoms with E-state index in [9.17, 15) is 4.79 Å². The van der Waals surface area contributed by atoms with Gasteiger partial charge in [-0.15, -0.1) is 0 Å². The van der Waals surface area contributed by atoms with E-state index in [0.717, 1.165) is 23.0 Å². The third-order valence-electron chi connectivity index (χ3n) is 3.05. The molecule has 1 N–H and O–H groups in total. The van der Waals surface area contributed by atoms with Crippen molar-refractivity contribution in [3.8, 4) is 5.75 Å². The SMILES string of the molecule is CC[C@@H](Oc1ccccc1)C(=O)NCCSCc1ccco1. The molecule has 1 aromatic heterocycles. The van der Waals surface area contributed by atoms with Crippen LogP contribution in [-0.4, -0.2) is 24.3 Å². The Labute approximate surface area is 135 Å². The van der Waals surface area contributed by atoms with Crippen LogP contribution in [0.3, 0.4) is 0 Å². The van der Waals surface area contributed by atoms with Crippen LogP contribution in [0.4, 0.5) is 0 Å². The first kappa shape index (κ1) is 16.5. The summed E-state index contributed by atoms with van der Waals surface area (Å²) >= 11 is 1.73. The molecule has 2 rings (SSSR count). The van der Waals surface area contributed by atoms with Gasteiger partial charge in [0.15, 0.2) is 6.10 Å². The standard InChI is InChI=1S/C17H21NO3S/c1-2-16(21-14-7-4-3-5-8-14)17(19)18-10-12-22-13-15-9-6-11-20-15/h3-9,11,16H,2,10,12-13H2,1H3,(H,18,19)/t16-/m1/s1. The summed E-state index contributed by atoms with van der Waals surface area (Å²) < 4.78 is 11.0. The van der Waals surface area contributed by atoms with Gasteiger partial charge in [0.25, 0.3) is 5.91 Å². The first-order valence-corrected chi connectivity index (χ1v) is 8.54. The third kappa shape index (κ3) is 5.48. The zero-order valence-corrected chi connectivity index (χ0v) is 13.5. The minimum atomic E-state index is -0.447. The van der Waals surface area contributed by atoms with E-state index in [1.165, 1.54) is 0 Å². The van der Waals surface area contributed by atoms with Crippen molar-refractivity contribution in [2.24, 2.45) is 0 Å². The number of carbonyl (C=O) groups excluding carboxylic acids is 1. The molecule has 1 heterocycles. The fourth-order valence-electron chi connectivity index (χ4n) is 1.91. The smallest absolute Gasteiger partial charge is 0.261 e. The van der Waals surface area contributed by atoms with E-state index in [-0.39, 0.29) is 5.91 Å². The summed E-state index contributed by atoms with van der Waals surface area (Å²) in [5, 5.41) is 2.92. The maximum absolute atomic E-state index is 12.1. The van der Waals surface area contributed by atoms with Crippen LogP contribution in [0.2, 0.25) is 0 Å². The molecule has 1 aromatic carbocycles. The first-order valence-electron chi connectivity index (χ1n) is 7.39. The van der Waals surface area contributed by atoms with Crippen LogP contribution in [0, 0.1) is 0 Å². The van der Waals surface area contributed by atoms with Crippen molar-refractivity contribution in [2.75, 3.05) is 12.3 Å². The van der Waals surface area contributed by atoms with Crippen LogP contribution in [0.1, 0.15) is 19.1 Å². The summed E-state index contributed by atoms with van der Waals surface area (Å²) in [4.78, 5) is 12.1. The van der Waals surface area contributed by atoms with Crippen molar-refractivity contribution in [1.82, 2.24) is 5.32 Å². The van der Waals surface area contributed by atoms with Gasteiger partial charge in [0.2, 0.25) is 0 Å². The molecule has 118 valence electrons. The van der Waals surface area contributed by atoms with Gasteiger partial charge in [0.1, 0.15) is 11.5 Å². The van der Waals surface area contributed by atoms with E-state index in [2.05, 4.69) is 5.32 Å². The third-order valence-corrected chi connectivity index (χ3v) is 4.04. The van der Waals surface area contributed by atoms with Crippen LogP contribution >= 0.6 is 11.8 Å². The first-order chi connectivity index (χ1) is 10.8. The molecule has 4 nitrogen and oxygen atoms in total. The molecular weight excluding hydrogens is 298 g/mol.